The molecule has 5 heteroatoms. The van der Waals surface area contributed by atoms with Gasteiger partial charge in [0.05, 0.1) is 19.3 Å². The summed E-state index contributed by atoms with van der Waals surface area (Å²) < 4.78 is 24.7. The van der Waals surface area contributed by atoms with Crippen molar-refractivity contribution in [3.05, 3.63) is 30.1 Å². The van der Waals surface area contributed by atoms with Gasteiger partial charge in [0, 0.05) is 25.0 Å². The molecule has 2 aliphatic rings. The fourth-order valence-corrected chi connectivity index (χ4v) is 3.58. The summed E-state index contributed by atoms with van der Waals surface area (Å²) in [5.41, 5.74) is 0. The van der Waals surface area contributed by atoms with Gasteiger partial charge in [-0.3, -0.25) is 4.90 Å². The molecule has 1 saturated carbocycles. The molecule has 1 aromatic rings. The Balaban J connectivity index is 1.54. The SMILES string of the molecule is O[C@@H]1CCC[C@@H]1[C@@H]1COCCN1CCOc1ccccc1F. The fraction of sp³-hybridized carbons (Fsp3) is 0.647. The monoisotopic (exact) mass is 309 g/mol. The van der Waals surface area contributed by atoms with E-state index in [9.17, 15) is 9.50 Å². The Labute approximate surface area is 130 Å². The second kappa shape index (κ2) is 7.40. The van der Waals surface area contributed by atoms with E-state index in [1.807, 2.05) is 0 Å². The van der Waals surface area contributed by atoms with Crippen LogP contribution in [0.1, 0.15) is 19.3 Å². The number of ether oxygens (including phenoxy) is 2. The number of para-hydroxylation sites is 1. The third kappa shape index (κ3) is 3.59. The summed E-state index contributed by atoms with van der Waals surface area (Å²) >= 11 is 0. The minimum atomic E-state index is -0.327. The Morgan fingerprint density at radius 3 is 2.95 bits per heavy atom. The van der Waals surface area contributed by atoms with E-state index in [1.54, 1.807) is 18.2 Å². The van der Waals surface area contributed by atoms with Crippen LogP contribution < -0.4 is 4.74 Å². The van der Waals surface area contributed by atoms with Crippen LogP contribution in [0, 0.1) is 11.7 Å². The Bertz CT molecular complexity index is 485. The van der Waals surface area contributed by atoms with Gasteiger partial charge in [0.25, 0.3) is 0 Å². The molecular formula is C17H24FNO3. The van der Waals surface area contributed by atoms with E-state index in [4.69, 9.17) is 9.47 Å². The van der Waals surface area contributed by atoms with Crippen LogP contribution in [0.5, 0.6) is 5.75 Å². The molecule has 0 bridgehead atoms. The summed E-state index contributed by atoms with van der Waals surface area (Å²) in [5.74, 6) is 0.259. The minimum absolute atomic E-state index is 0.221. The first-order valence-corrected chi connectivity index (χ1v) is 8.13. The molecule has 0 amide bonds. The maximum atomic E-state index is 13.5. The molecule has 1 aliphatic carbocycles. The summed E-state index contributed by atoms with van der Waals surface area (Å²) in [7, 11) is 0. The molecule has 0 radical (unpaired) electrons. The lowest BCUT2D eigenvalue weighted by Gasteiger charge is -2.40. The number of halogens is 1. The van der Waals surface area contributed by atoms with Gasteiger partial charge in [-0.25, -0.2) is 4.39 Å². The lowest BCUT2D eigenvalue weighted by Crippen LogP contribution is -2.52. The maximum absolute atomic E-state index is 13.5. The lowest BCUT2D eigenvalue weighted by atomic mass is 9.94. The van der Waals surface area contributed by atoms with Crippen molar-refractivity contribution in [3.63, 3.8) is 0 Å². The summed E-state index contributed by atoms with van der Waals surface area (Å²) in [5, 5.41) is 10.1. The van der Waals surface area contributed by atoms with Gasteiger partial charge in [-0.15, -0.1) is 0 Å². The van der Waals surface area contributed by atoms with Crippen LogP contribution in [0.25, 0.3) is 0 Å². The van der Waals surface area contributed by atoms with Gasteiger partial charge < -0.3 is 14.6 Å². The number of aliphatic hydroxyl groups is 1. The van der Waals surface area contributed by atoms with Crippen LogP contribution in [0.2, 0.25) is 0 Å². The summed E-state index contributed by atoms with van der Waals surface area (Å²) in [6.45, 7) is 3.39. The van der Waals surface area contributed by atoms with Gasteiger partial charge in [0.15, 0.2) is 11.6 Å². The average molecular weight is 309 g/mol. The molecule has 3 rings (SSSR count). The third-order valence-corrected chi connectivity index (χ3v) is 4.78. The van der Waals surface area contributed by atoms with Crippen molar-refractivity contribution in [2.45, 2.75) is 31.4 Å². The van der Waals surface area contributed by atoms with Crippen molar-refractivity contribution in [1.82, 2.24) is 4.90 Å². The van der Waals surface area contributed by atoms with E-state index < -0.39 is 0 Å². The summed E-state index contributed by atoms with van der Waals surface area (Å²) in [6.07, 6.45) is 2.81. The van der Waals surface area contributed by atoms with E-state index >= 15 is 0 Å². The molecule has 0 spiro atoms. The van der Waals surface area contributed by atoms with Gasteiger partial charge in [0.1, 0.15) is 6.61 Å². The number of hydrogen-bond acceptors (Lipinski definition) is 4. The molecule has 1 N–H and O–H groups in total. The quantitative estimate of drug-likeness (QED) is 0.904. The highest BCUT2D eigenvalue weighted by molar-refractivity contribution is 5.23. The highest BCUT2D eigenvalue weighted by atomic mass is 19.1. The van der Waals surface area contributed by atoms with Gasteiger partial charge in [-0.05, 0) is 25.0 Å². The van der Waals surface area contributed by atoms with Crippen LogP contribution >= 0.6 is 0 Å². The Hall–Kier alpha value is -1.17. The van der Waals surface area contributed by atoms with Crippen molar-refractivity contribution in [1.29, 1.82) is 0 Å². The number of hydrogen-bond donors (Lipinski definition) is 1. The van der Waals surface area contributed by atoms with E-state index in [1.165, 1.54) is 6.07 Å². The smallest absolute Gasteiger partial charge is 0.165 e. The predicted octanol–water partition coefficient (Wildman–Crippen LogP) is 2.07. The molecule has 1 aromatic carbocycles. The van der Waals surface area contributed by atoms with Crippen molar-refractivity contribution in [2.24, 2.45) is 5.92 Å². The summed E-state index contributed by atoms with van der Waals surface area (Å²) in [6, 6.07) is 6.72. The molecule has 122 valence electrons. The normalized spacial score (nSPS) is 29.6. The number of morpholine rings is 1. The first-order chi connectivity index (χ1) is 10.8. The van der Waals surface area contributed by atoms with Crippen molar-refractivity contribution < 1.29 is 19.0 Å². The number of nitrogens with zero attached hydrogens (tertiary/aromatic N) is 1. The highest BCUT2D eigenvalue weighted by Gasteiger charge is 2.37. The van der Waals surface area contributed by atoms with Gasteiger partial charge >= 0.3 is 0 Å². The van der Waals surface area contributed by atoms with Gasteiger partial charge in [0.2, 0.25) is 0 Å². The fourth-order valence-electron chi connectivity index (χ4n) is 3.58. The van der Waals surface area contributed by atoms with Crippen LogP contribution in [-0.2, 0) is 4.74 Å². The highest BCUT2D eigenvalue weighted by Crippen LogP contribution is 2.32. The Kier molecular flexibility index (Phi) is 5.28. The maximum Gasteiger partial charge on any atom is 0.165 e. The molecule has 0 unspecified atom stereocenters. The van der Waals surface area contributed by atoms with Crippen molar-refractivity contribution in [2.75, 3.05) is 32.9 Å². The topological polar surface area (TPSA) is 41.9 Å². The molecule has 4 nitrogen and oxygen atoms in total. The molecular weight excluding hydrogens is 285 g/mol. The first-order valence-electron chi connectivity index (χ1n) is 8.13. The molecule has 1 saturated heterocycles. The minimum Gasteiger partial charge on any atom is -0.489 e. The van der Waals surface area contributed by atoms with E-state index in [2.05, 4.69) is 4.90 Å². The zero-order valence-corrected chi connectivity index (χ0v) is 12.8. The van der Waals surface area contributed by atoms with Gasteiger partial charge in [-0.1, -0.05) is 18.6 Å². The molecule has 0 aromatic heterocycles. The van der Waals surface area contributed by atoms with E-state index in [0.29, 0.717) is 25.6 Å². The van der Waals surface area contributed by atoms with Crippen molar-refractivity contribution in [3.8, 4) is 5.75 Å². The first kappa shape index (κ1) is 15.7. The Morgan fingerprint density at radius 1 is 1.32 bits per heavy atom. The summed E-state index contributed by atoms with van der Waals surface area (Å²) in [4.78, 5) is 2.32. The average Bonchev–Trinajstić information content (AvgIpc) is 2.96. The largest absolute Gasteiger partial charge is 0.489 e. The zero-order valence-electron chi connectivity index (χ0n) is 12.8. The van der Waals surface area contributed by atoms with Crippen LogP contribution in [0.15, 0.2) is 24.3 Å². The second-order valence-electron chi connectivity index (χ2n) is 6.12. The van der Waals surface area contributed by atoms with Gasteiger partial charge in [-0.2, -0.15) is 0 Å². The van der Waals surface area contributed by atoms with Crippen molar-refractivity contribution >= 4 is 0 Å². The lowest BCUT2D eigenvalue weighted by molar-refractivity contribution is -0.0533. The van der Waals surface area contributed by atoms with Crippen LogP contribution in [-0.4, -0.2) is 55.1 Å². The number of rotatable bonds is 5. The van der Waals surface area contributed by atoms with E-state index in [0.717, 1.165) is 32.4 Å². The molecule has 22 heavy (non-hydrogen) atoms. The third-order valence-electron chi connectivity index (χ3n) is 4.78. The molecule has 3 atom stereocenters. The number of benzene rings is 1. The van der Waals surface area contributed by atoms with Crippen LogP contribution in [0.3, 0.4) is 0 Å². The standard InChI is InChI=1S/C17H24FNO3/c18-14-5-1-2-7-17(14)22-11-9-19-8-10-21-12-15(19)13-4-3-6-16(13)20/h1-2,5,7,13,15-16,20H,3-4,6,8-12H2/t13-,15+,16-/m1/s1. The predicted molar refractivity (Wildman–Crippen MR) is 81.4 cm³/mol. The Morgan fingerprint density at radius 2 is 2.18 bits per heavy atom. The molecule has 1 heterocycles. The zero-order chi connectivity index (χ0) is 15.4. The second-order valence-corrected chi connectivity index (χ2v) is 6.12. The molecule has 1 aliphatic heterocycles. The molecule has 2 fully saturated rings. The van der Waals surface area contributed by atoms with Crippen LogP contribution in [0.4, 0.5) is 4.39 Å². The number of aliphatic hydroxyl groups excluding tert-OH is 1. The van der Waals surface area contributed by atoms with E-state index in [-0.39, 0.29) is 23.9 Å².